The Balaban J connectivity index is 0.0000212. The van der Waals surface area contributed by atoms with Gasteiger partial charge in [-0.1, -0.05) is 0 Å². The zero-order valence-electron chi connectivity index (χ0n) is 28.4. The minimum absolute atomic E-state index is 0. The summed E-state index contributed by atoms with van der Waals surface area (Å²) in [6.45, 7) is 14.1. The summed E-state index contributed by atoms with van der Waals surface area (Å²) in [5.41, 5.74) is 0. The molecule has 0 spiro atoms. The number of nitrogens with one attached hydrogen (secondary N) is 1. The fourth-order valence-corrected chi connectivity index (χ4v) is 3.79. The van der Waals surface area contributed by atoms with Crippen LogP contribution in [0.3, 0.4) is 0 Å². The van der Waals surface area contributed by atoms with E-state index >= 15 is 0 Å². The Morgan fingerprint density at radius 2 is 1.04 bits per heavy atom. The van der Waals surface area contributed by atoms with Crippen LogP contribution in [0.15, 0.2) is 12.2 Å². The predicted molar refractivity (Wildman–Crippen MR) is 167 cm³/mol. The number of imide groups is 1. The molecule has 16 heteroatoms. The minimum Gasteiger partial charge on any atom is -0.379 e. The van der Waals surface area contributed by atoms with E-state index in [1.165, 1.54) is 12.2 Å². The standard InChI is InChI=1S/C31H54N3O12.Li/c1-3-33(4-2)29(36)6-5-10-32-28(35)9-12-39-14-16-41-18-20-43-22-24-45-26-27-46-25-23-44-21-19-42-17-15-40-13-11-34-30(37)7-8-31(34)38;/h7-8H,1,3-6,9-27H2,2H3,(H,32,35);/q-1;+1. The Hall–Kier alpha value is -1.90. The molecule has 15 nitrogen and oxygen atoms in total. The first-order valence-corrected chi connectivity index (χ1v) is 16.0. The molecule has 0 aromatic carbocycles. The SMILES string of the molecule is [CH2-]CN(CC)C(=O)CCCNC(=O)CCOCCOCCOCCOCCOCCOCCOCCOCCN1C(=O)C=CC1=O.[Li+]. The average molecular weight is 668 g/mol. The molecular weight excluding hydrogens is 613 g/mol. The van der Waals surface area contributed by atoms with Crippen molar-refractivity contribution in [3.63, 3.8) is 0 Å². The van der Waals surface area contributed by atoms with E-state index in [1.807, 2.05) is 6.92 Å². The second-order valence-corrected chi connectivity index (χ2v) is 9.74. The van der Waals surface area contributed by atoms with Gasteiger partial charge in [-0.2, -0.15) is 0 Å². The van der Waals surface area contributed by atoms with E-state index in [0.717, 1.165) is 4.90 Å². The summed E-state index contributed by atoms with van der Waals surface area (Å²) >= 11 is 0. The normalized spacial score (nSPS) is 12.5. The number of carbonyl (C=O) groups is 4. The van der Waals surface area contributed by atoms with Crippen molar-refractivity contribution in [2.75, 3.05) is 132 Å². The Morgan fingerprint density at radius 1 is 0.660 bits per heavy atom. The molecule has 0 aromatic rings. The van der Waals surface area contributed by atoms with Crippen molar-refractivity contribution in [1.82, 2.24) is 15.1 Å². The summed E-state index contributed by atoms with van der Waals surface area (Å²) in [7, 11) is 0. The zero-order valence-corrected chi connectivity index (χ0v) is 28.4. The third-order valence-electron chi connectivity index (χ3n) is 6.33. The number of amides is 4. The van der Waals surface area contributed by atoms with Crippen molar-refractivity contribution in [3.05, 3.63) is 19.1 Å². The van der Waals surface area contributed by atoms with Crippen molar-refractivity contribution in [2.45, 2.75) is 26.2 Å². The fraction of sp³-hybridized carbons (Fsp3) is 0.774. The third kappa shape index (κ3) is 25.7. The molecule has 0 unspecified atom stereocenters. The van der Waals surface area contributed by atoms with Crippen LogP contribution in [0, 0.1) is 6.92 Å². The molecule has 0 bridgehead atoms. The van der Waals surface area contributed by atoms with Gasteiger partial charge in [0.2, 0.25) is 11.8 Å². The van der Waals surface area contributed by atoms with E-state index in [9.17, 15) is 19.2 Å². The monoisotopic (exact) mass is 667 g/mol. The Kier molecular flexibility index (Phi) is 31.3. The largest absolute Gasteiger partial charge is 1.00 e. The molecule has 0 aromatic heterocycles. The molecule has 1 N–H and O–H groups in total. The number of hydrogen-bond donors (Lipinski definition) is 1. The molecular formula is C31H54LiN3O12. The summed E-state index contributed by atoms with van der Waals surface area (Å²) in [5, 5.41) is 2.79. The number of rotatable bonds is 33. The van der Waals surface area contributed by atoms with Gasteiger partial charge in [-0.3, -0.25) is 24.1 Å². The van der Waals surface area contributed by atoms with Crippen LogP contribution >= 0.6 is 0 Å². The van der Waals surface area contributed by atoms with Gasteiger partial charge in [-0.15, -0.1) is 6.54 Å². The molecule has 0 aliphatic carbocycles. The summed E-state index contributed by atoms with van der Waals surface area (Å²) < 4.78 is 43.4. The van der Waals surface area contributed by atoms with Crippen LogP contribution in [-0.2, 0) is 57.1 Å². The quantitative estimate of drug-likeness (QED) is 0.0328. The summed E-state index contributed by atoms with van der Waals surface area (Å²) in [6, 6.07) is 0. The molecule has 1 aliphatic rings. The first-order valence-electron chi connectivity index (χ1n) is 16.0. The zero-order chi connectivity index (χ0) is 33.5. The first kappa shape index (κ1) is 45.1. The van der Waals surface area contributed by atoms with Gasteiger partial charge >= 0.3 is 18.9 Å². The minimum atomic E-state index is -0.312. The molecule has 1 rings (SSSR count). The van der Waals surface area contributed by atoms with Crippen molar-refractivity contribution >= 4 is 23.6 Å². The summed E-state index contributed by atoms with van der Waals surface area (Å²) in [5.74, 6) is -0.669. The molecule has 4 amide bonds. The third-order valence-corrected chi connectivity index (χ3v) is 6.33. The van der Waals surface area contributed by atoms with E-state index in [4.69, 9.17) is 37.9 Å². The number of ether oxygens (including phenoxy) is 8. The van der Waals surface area contributed by atoms with Gasteiger partial charge in [0.25, 0.3) is 11.8 Å². The number of carbonyl (C=O) groups excluding carboxylic acids is 4. The molecule has 0 saturated carbocycles. The Morgan fingerprint density at radius 3 is 1.43 bits per heavy atom. The Labute approximate surface area is 291 Å². The van der Waals surface area contributed by atoms with E-state index in [1.54, 1.807) is 4.90 Å². The van der Waals surface area contributed by atoms with Crippen LogP contribution in [0.5, 0.6) is 0 Å². The maximum absolute atomic E-state index is 11.9. The van der Waals surface area contributed by atoms with Gasteiger partial charge in [0, 0.05) is 38.1 Å². The van der Waals surface area contributed by atoms with E-state index in [0.29, 0.717) is 132 Å². The predicted octanol–water partition coefficient (Wildman–Crippen LogP) is -2.98. The van der Waals surface area contributed by atoms with Crippen LogP contribution in [0.2, 0.25) is 0 Å². The average Bonchev–Trinajstić information content (AvgIpc) is 3.37. The topological polar surface area (TPSA) is 161 Å². The molecule has 0 atom stereocenters. The van der Waals surface area contributed by atoms with Crippen LogP contribution in [0.4, 0.5) is 0 Å². The second-order valence-electron chi connectivity index (χ2n) is 9.74. The second kappa shape index (κ2) is 32.6. The van der Waals surface area contributed by atoms with E-state index in [2.05, 4.69) is 12.2 Å². The summed E-state index contributed by atoms with van der Waals surface area (Å²) in [4.78, 5) is 49.3. The van der Waals surface area contributed by atoms with Gasteiger partial charge in [-0.25, -0.2) is 0 Å². The van der Waals surface area contributed by atoms with E-state index < -0.39 is 0 Å². The molecule has 1 aliphatic heterocycles. The molecule has 0 radical (unpaired) electrons. The van der Waals surface area contributed by atoms with Gasteiger partial charge in [0.15, 0.2) is 0 Å². The maximum Gasteiger partial charge on any atom is 1.00 e. The van der Waals surface area contributed by atoms with E-state index in [-0.39, 0.29) is 62.1 Å². The van der Waals surface area contributed by atoms with Crippen LogP contribution < -0.4 is 24.2 Å². The first-order chi connectivity index (χ1) is 22.5. The number of hydrogen-bond acceptors (Lipinski definition) is 12. The summed E-state index contributed by atoms with van der Waals surface area (Å²) in [6.07, 6.45) is 3.76. The number of nitrogens with zero attached hydrogens (tertiary/aromatic N) is 2. The fourth-order valence-electron chi connectivity index (χ4n) is 3.79. The molecule has 47 heavy (non-hydrogen) atoms. The van der Waals surface area contributed by atoms with Gasteiger partial charge in [0.05, 0.1) is 112 Å². The van der Waals surface area contributed by atoms with Crippen LogP contribution in [0.1, 0.15) is 26.2 Å². The Bertz CT molecular complexity index is 831. The van der Waals surface area contributed by atoms with Gasteiger partial charge < -0.3 is 55.0 Å². The smallest absolute Gasteiger partial charge is 0.379 e. The van der Waals surface area contributed by atoms with Crippen molar-refractivity contribution < 1.29 is 75.9 Å². The molecule has 266 valence electrons. The maximum atomic E-state index is 11.9. The molecule has 0 saturated heterocycles. The van der Waals surface area contributed by atoms with Crippen LogP contribution in [-0.4, -0.2) is 165 Å². The van der Waals surface area contributed by atoms with Crippen LogP contribution in [0.25, 0.3) is 0 Å². The molecule has 0 fully saturated rings. The van der Waals surface area contributed by atoms with Gasteiger partial charge in [0.1, 0.15) is 0 Å². The van der Waals surface area contributed by atoms with Crippen molar-refractivity contribution in [1.29, 1.82) is 0 Å². The van der Waals surface area contributed by atoms with Crippen molar-refractivity contribution in [2.24, 2.45) is 0 Å². The van der Waals surface area contributed by atoms with Crippen molar-refractivity contribution in [3.8, 4) is 0 Å². The van der Waals surface area contributed by atoms with Gasteiger partial charge in [-0.05, 0) is 13.3 Å². The molecule has 1 heterocycles.